The zero-order chi connectivity index (χ0) is 22.2. The predicted molar refractivity (Wildman–Crippen MR) is 117 cm³/mol. The van der Waals surface area contributed by atoms with Crippen molar-refractivity contribution in [3.05, 3.63) is 65.6 Å². The molecule has 160 valence electrons. The molecule has 0 aliphatic heterocycles. The van der Waals surface area contributed by atoms with Crippen molar-refractivity contribution in [1.29, 1.82) is 0 Å². The first-order valence-electron chi connectivity index (χ1n) is 9.56. The Hall–Kier alpha value is -3.30. The molecular formula is C21H20ClFN6O2. The van der Waals surface area contributed by atoms with Crippen molar-refractivity contribution in [2.24, 2.45) is 0 Å². The Morgan fingerprint density at radius 3 is 2.77 bits per heavy atom. The molecule has 10 heteroatoms. The summed E-state index contributed by atoms with van der Waals surface area (Å²) in [6, 6.07) is 4.02. The number of hydrogen-bond acceptors (Lipinski definition) is 8. The van der Waals surface area contributed by atoms with Crippen LogP contribution in [0.1, 0.15) is 20.3 Å². The summed E-state index contributed by atoms with van der Waals surface area (Å²) in [5, 5.41) is 24.2. The lowest BCUT2D eigenvalue weighted by molar-refractivity contribution is 0.0652. The normalized spacial score (nSPS) is 18.3. The van der Waals surface area contributed by atoms with Crippen LogP contribution in [0.15, 0.2) is 54.7 Å². The summed E-state index contributed by atoms with van der Waals surface area (Å²) in [5.74, 6) is 0.131. The van der Waals surface area contributed by atoms with Crippen LogP contribution in [0.5, 0.6) is 0 Å². The van der Waals surface area contributed by atoms with Crippen LogP contribution in [-0.2, 0) is 0 Å². The van der Waals surface area contributed by atoms with E-state index in [2.05, 4.69) is 25.3 Å². The average Bonchev–Trinajstić information content (AvgIpc) is 2.70. The van der Waals surface area contributed by atoms with E-state index in [9.17, 15) is 14.6 Å². The molecule has 0 spiro atoms. The van der Waals surface area contributed by atoms with Gasteiger partial charge in [0.25, 0.3) is 0 Å². The quantitative estimate of drug-likeness (QED) is 0.503. The van der Waals surface area contributed by atoms with E-state index in [1.165, 1.54) is 36.8 Å². The second-order valence-electron chi connectivity index (χ2n) is 7.42. The average molecular weight is 443 g/mol. The van der Waals surface area contributed by atoms with E-state index >= 15 is 0 Å². The van der Waals surface area contributed by atoms with Gasteiger partial charge in [-0.3, -0.25) is 0 Å². The van der Waals surface area contributed by atoms with Gasteiger partial charge in [-0.2, -0.15) is 0 Å². The van der Waals surface area contributed by atoms with Gasteiger partial charge in [0.05, 0.1) is 23.4 Å². The highest BCUT2D eigenvalue weighted by Gasteiger charge is 2.38. The van der Waals surface area contributed by atoms with Crippen molar-refractivity contribution < 1.29 is 14.6 Å². The summed E-state index contributed by atoms with van der Waals surface area (Å²) < 4.78 is 13.5. The van der Waals surface area contributed by atoms with E-state index in [0.29, 0.717) is 22.5 Å². The molecular weight excluding hydrogens is 423 g/mol. The molecule has 1 aliphatic rings. The molecule has 0 saturated carbocycles. The van der Waals surface area contributed by atoms with Crippen molar-refractivity contribution in [2.75, 3.05) is 10.2 Å². The van der Waals surface area contributed by atoms with Crippen LogP contribution in [-0.4, -0.2) is 41.9 Å². The van der Waals surface area contributed by atoms with E-state index in [0.717, 1.165) is 0 Å². The molecule has 4 rings (SSSR count). The zero-order valence-corrected chi connectivity index (χ0v) is 17.5. The van der Waals surface area contributed by atoms with Crippen LogP contribution in [0.2, 0.25) is 5.02 Å². The van der Waals surface area contributed by atoms with Crippen LogP contribution >= 0.6 is 11.6 Å². The van der Waals surface area contributed by atoms with Gasteiger partial charge in [-0.25, -0.2) is 24.3 Å². The van der Waals surface area contributed by atoms with Crippen LogP contribution in [0.25, 0.3) is 11.0 Å². The third-order valence-corrected chi connectivity index (χ3v) is 5.08. The van der Waals surface area contributed by atoms with Gasteiger partial charge >= 0.3 is 0 Å². The van der Waals surface area contributed by atoms with E-state index < -0.39 is 11.5 Å². The Morgan fingerprint density at radius 2 is 2.06 bits per heavy atom. The third kappa shape index (κ3) is 4.14. The Bertz CT molecular complexity index is 1200. The Morgan fingerprint density at radius 1 is 1.26 bits per heavy atom. The number of nitrogens with zero attached hydrogens (tertiary/aromatic N) is 5. The van der Waals surface area contributed by atoms with E-state index in [4.69, 9.17) is 11.6 Å². The second kappa shape index (κ2) is 8.09. The molecule has 8 nitrogen and oxygen atoms in total. The molecule has 1 aromatic carbocycles. The van der Waals surface area contributed by atoms with Gasteiger partial charge in [-0.05, 0) is 44.2 Å². The van der Waals surface area contributed by atoms with Crippen molar-refractivity contribution in [1.82, 2.24) is 19.9 Å². The molecule has 0 fully saturated rings. The molecule has 0 radical (unpaired) electrons. The second-order valence-corrected chi connectivity index (χ2v) is 7.82. The lowest BCUT2D eigenvalue weighted by Gasteiger charge is -2.41. The summed E-state index contributed by atoms with van der Waals surface area (Å²) >= 11 is 5.87. The van der Waals surface area contributed by atoms with Gasteiger partial charge in [0.15, 0.2) is 11.5 Å². The molecule has 2 heterocycles. The highest BCUT2D eigenvalue weighted by Crippen LogP contribution is 2.32. The maximum absolute atomic E-state index is 13.5. The highest BCUT2D eigenvalue weighted by atomic mass is 35.5. The van der Waals surface area contributed by atoms with Gasteiger partial charge in [0.2, 0.25) is 5.95 Å². The minimum Gasteiger partial charge on any atom is -0.512 e. The minimum absolute atomic E-state index is 0.00640. The lowest BCUT2D eigenvalue weighted by Crippen LogP contribution is -2.53. The number of halogens is 2. The number of aliphatic hydroxyl groups is 2. The van der Waals surface area contributed by atoms with E-state index in [1.54, 1.807) is 17.1 Å². The summed E-state index contributed by atoms with van der Waals surface area (Å²) in [4.78, 5) is 19.0. The van der Waals surface area contributed by atoms with Crippen molar-refractivity contribution in [3.8, 4) is 0 Å². The number of anilines is 3. The third-order valence-electron chi connectivity index (χ3n) is 4.79. The van der Waals surface area contributed by atoms with Gasteiger partial charge in [0.1, 0.15) is 23.2 Å². The molecule has 3 N–H and O–H groups in total. The standard InChI is InChI=1S/C21H20ClFN6O2/c1-12(2)29(21(31)7-3-4-14(30)9-21)20-24-10-17-18(28-20)19(26-11-25-17)27-13-5-6-16(23)15(22)8-13/h3-8,10-12,30-31H,9H2,1-2H3,(H,25,26,27). The van der Waals surface area contributed by atoms with Crippen LogP contribution in [0.4, 0.5) is 21.8 Å². The van der Waals surface area contributed by atoms with E-state index in [1.807, 2.05) is 13.8 Å². The number of rotatable bonds is 5. The largest absolute Gasteiger partial charge is 0.512 e. The fourth-order valence-corrected chi connectivity index (χ4v) is 3.66. The number of aliphatic hydroxyl groups excluding tert-OH is 1. The molecule has 3 aromatic rings. The maximum Gasteiger partial charge on any atom is 0.228 e. The summed E-state index contributed by atoms with van der Waals surface area (Å²) in [6.45, 7) is 3.77. The number of allylic oxidation sites excluding steroid dienone is 2. The molecule has 0 saturated heterocycles. The summed E-state index contributed by atoms with van der Waals surface area (Å²) in [7, 11) is 0. The Kier molecular flexibility index (Phi) is 5.47. The first-order valence-corrected chi connectivity index (χ1v) is 9.93. The van der Waals surface area contributed by atoms with Crippen molar-refractivity contribution in [2.45, 2.75) is 32.0 Å². The summed E-state index contributed by atoms with van der Waals surface area (Å²) in [6.07, 6.45) is 7.58. The number of fused-ring (bicyclic) bond motifs is 1. The number of aromatic nitrogens is 4. The number of benzene rings is 1. The molecule has 0 amide bonds. The molecule has 0 bridgehead atoms. The fourth-order valence-electron chi connectivity index (χ4n) is 3.48. The van der Waals surface area contributed by atoms with Gasteiger partial charge in [-0.15, -0.1) is 0 Å². The zero-order valence-electron chi connectivity index (χ0n) is 16.8. The first-order chi connectivity index (χ1) is 14.8. The van der Waals surface area contributed by atoms with Crippen molar-refractivity contribution >= 4 is 40.1 Å². The Labute approximate surface area is 182 Å². The first kappa shape index (κ1) is 21.0. The smallest absolute Gasteiger partial charge is 0.228 e. The Balaban J connectivity index is 1.77. The van der Waals surface area contributed by atoms with Gasteiger partial charge in [-0.1, -0.05) is 17.7 Å². The lowest BCUT2D eigenvalue weighted by atomic mass is 10.00. The van der Waals surface area contributed by atoms with Gasteiger partial charge in [0, 0.05) is 11.7 Å². The monoisotopic (exact) mass is 442 g/mol. The van der Waals surface area contributed by atoms with Crippen molar-refractivity contribution in [3.63, 3.8) is 0 Å². The topological polar surface area (TPSA) is 107 Å². The molecule has 1 atom stereocenters. The summed E-state index contributed by atoms with van der Waals surface area (Å²) in [5.41, 5.74) is -0.0981. The van der Waals surface area contributed by atoms with Crippen LogP contribution in [0.3, 0.4) is 0 Å². The SMILES string of the molecule is CC(C)N(c1ncc2ncnc(Nc3ccc(F)c(Cl)c3)c2n1)C1(O)C=CC=C(O)C1. The van der Waals surface area contributed by atoms with Crippen LogP contribution < -0.4 is 10.2 Å². The highest BCUT2D eigenvalue weighted by molar-refractivity contribution is 6.31. The molecule has 1 unspecified atom stereocenters. The van der Waals surface area contributed by atoms with Crippen LogP contribution in [0, 0.1) is 5.82 Å². The molecule has 31 heavy (non-hydrogen) atoms. The number of nitrogens with one attached hydrogen (secondary N) is 1. The fraction of sp³-hybridized carbons (Fsp3) is 0.238. The molecule has 1 aliphatic carbocycles. The predicted octanol–water partition coefficient (Wildman–Crippen LogP) is 4.26. The van der Waals surface area contributed by atoms with E-state index in [-0.39, 0.29) is 29.2 Å². The minimum atomic E-state index is -1.51. The van der Waals surface area contributed by atoms with Gasteiger partial charge < -0.3 is 20.4 Å². The maximum atomic E-state index is 13.5. The molecule has 2 aromatic heterocycles. The number of hydrogen-bond donors (Lipinski definition) is 3.